The van der Waals surface area contributed by atoms with Gasteiger partial charge in [-0.2, -0.15) is 5.26 Å². The molecule has 1 amide bonds. The number of nitrogens with zero attached hydrogens (tertiary/aromatic N) is 2. The lowest BCUT2D eigenvalue weighted by molar-refractivity contribution is -0.116. The lowest BCUT2D eigenvalue weighted by Crippen LogP contribution is -2.26. The largest absolute Gasteiger partial charge is 0.399 e. The van der Waals surface area contributed by atoms with E-state index in [1.807, 2.05) is 19.1 Å². The van der Waals surface area contributed by atoms with Gasteiger partial charge in [-0.1, -0.05) is 13.0 Å². The first-order chi connectivity index (χ1) is 10.1. The molecule has 0 spiro atoms. The van der Waals surface area contributed by atoms with Crippen molar-refractivity contribution in [1.29, 1.82) is 5.26 Å². The maximum Gasteiger partial charge on any atom is 0.224 e. The van der Waals surface area contributed by atoms with Gasteiger partial charge in [-0.3, -0.25) is 4.79 Å². The SMILES string of the molecule is CCN(CCC#N)CCCC(=O)Nc1cc(N)ccc1C. The van der Waals surface area contributed by atoms with Crippen LogP contribution >= 0.6 is 0 Å². The summed E-state index contributed by atoms with van der Waals surface area (Å²) >= 11 is 0. The van der Waals surface area contributed by atoms with Crippen LogP contribution in [0.2, 0.25) is 0 Å². The van der Waals surface area contributed by atoms with Gasteiger partial charge in [0.1, 0.15) is 0 Å². The molecule has 0 radical (unpaired) electrons. The van der Waals surface area contributed by atoms with Crippen molar-refractivity contribution in [2.45, 2.75) is 33.1 Å². The molecule has 21 heavy (non-hydrogen) atoms. The highest BCUT2D eigenvalue weighted by molar-refractivity contribution is 5.91. The van der Waals surface area contributed by atoms with Gasteiger partial charge < -0.3 is 16.0 Å². The van der Waals surface area contributed by atoms with Crippen LogP contribution in [-0.4, -0.2) is 30.4 Å². The highest BCUT2D eigenvalue weighted by Gasteiger charge is 2.07. The zero-order valence-corrected chi connectivity index (χ0v) is 12.9. The van der Waals surface area contributed by atoms with Crippen molar-refractivity contribution in [3.8, 4) is 6.07 Å². The van der Waals surface area contributed by atoms with Crippen molar-refractivity contribution < 1.29 is 4.79 Å². The Morgan fingerprint density at radius 3 is 2.86 bits per heavy atom. The number of nitrogens with two attached hydrogens (primary N) is 1. The molecule has 5 nitrogen and oxygen atoms in total. The van der Waals surface area contributed by atoms with E-state index in [0.717, 1.165) is 37.3 Å². The zero-order valence-electron chi connectivity index (χ0n) is 12.9. The molecule has 3 N–H and O–H groups in total. The Morgan fingerprint density at radius 1 is 1.43 bits per heavy atom. The van der Waals surface area contributed by atoms with Crippen LogP contribution in [0.5, 0.6) is 0 Å². The van der Waals surface area contributed by atoms with E-state index in [9.17, 15) is 4.79 Å². The molecule has 114 valence electrons. The first-order valence-electron chi connectivity index (χ1n) is 7.32. The predicted octanol–water partition coefficient (Wildman–Crippen LogP) is 2.53. The molecule has 0 aliphatic carbocycles. The van der Waals surface area contributed by atoms with E-state index in [2.05, 4.69) is 23.2 Å². The van der Waals surface area contributed by atoms with Crippen LogP contribution in [0, 0.1) is 18.3 Å². The minimum absolute atomic E-state index is 0.0000336. The summed E-state index contributed by atoms with van der Waals surface area (Å²) in [5.74, 6) is 0.0000336. The number of anilines is 2. The van der Waals surface area contributed by atoms with E-state index in [1.165, 1.54) is 0 Å². The second-order valence-electron chi connectivity index (χ2n) is 5.07. The number of nitrogens with one attached hydrogen (secondary N) is 1. The maximum absolute atomic E-state index is 11.9. The van der Waals surface area contributed by atoms with E-state index >= 15 is 0 Å². The minimum Gasteiger partial charge on any atom is -0.399 e. The molecule has 0 aliphatic heterocycles. The van der Waals surface area contributed by atoms with Crippen molar-refractivity contribution in [3.63, 3.8) is 0 Å². The van der Waals surface area contributed by atoms with Crippen molar-refractivity contribution in [3.05, 3.63) is 23.8 Å². The number of amides is 1. The second kappa shape index (κ2) is 8.98. The third-order valence-electron chi connectivity index (χ3n) is 3.40. The van der Waals surface area contributed by atoms with Gasteiger partial charge in [-0.25, -0.2) is 0 Å². The molecule has 5 heteroatoms. The fraction of sp³-hybridized carbons (Fsp3) is 0.500. The molecule has 0 saturated heterocycles. The molecule has 0 heterocycles. The summed E-state index contributed by atoms with van der Waals surface area (Å²) in [6.45, 7) is 6.51. The van der Waals surface area contributed by atoms with E-state index in [4.69, 9.17) is 11.0 Å². The van der Waals surface area contributed by atoms with E-state index in [1.54, 1.807) is 6.07 Å². The topological polar surface area (TPSA) is 82.2 Å². The van der Waals surface area contributed by atoms with Crippen molar-refractivity contribution in [2.75, 3.05) is 30.7 Å². The summed E-state index contributed by atoms with van der Waals surface area (Å²) < 4.78 is 0. The number of hydrogen-bond donors (Lipinski definition) is 2. The number of rotatable bonds is 8. The summed E-state index contributed by atoms with van der Waals surface area (Å²) in [6, 6.07) is 7.63. The smallest absolute Gasteiger partial charge is 0.224 e. The standard InChI is InChI=1S/C16H24N4O/c1-3-20(11-5-9-17)10-4-6-16(21)19-15-12-14(18)8-7-13(15)2/h7-8,12H,3-6,10-11,18H2,1-2H3,(H,19,21). The third kappa shape index (κ3) is 6.28. The van der Waals surface area contributed by atoms with Gasteiger partial charge in [0.2, 0.25) is 5.91 Å². The molecule has 0 aliphatic rings. The molecule has 1 aromatic rings. The highest BCUT2D eigenvalue weighted by Crippen LogP contribution is 2.18. The summed E-state index contributed by atoms with van der Waals surface area (Å²) in [7, 11) is 0. The number of hydrogen-bond acceptors (Lipinski definition) is 4. The van der Waals surface area contributed by atoms with Gasteiger partial charge in [-0.05, 0) is 44.1 Å². The van der Waals surface area contributed by atoms with Crippen LogP contribution < -0.4 is 11.1 Å². The Labute approximate surface area is 126 Å². The van der Waals surface area contributed by atoms with Gasteiger partial charge >= 0.3 is 0 Å². The van der Waals surface area contributed by atoms with Gasteiger partial charge in [0.05, 0.1) is 6.07 Å². The van der Waals surface area contributed by atoms with Gasteiger partial charge in [0, 0.05) is 30.8 Å². The van der Waals surface area contributed by atoms with Gasteiger partial charge in [-0.15, -0.1) is 0 Å². The lowest BCUT2D eigenvalue weighted by atomic mass is 10.1. The quantitative estimate of drug-likeness (QED) is 0.720. The average Bonchev–Trinajstić information content (AvgIpc) is 2.46. The lowest BCUT2D eigenvalue weighted by Gasteiger charge is -2.18. The van der Waals surface area contributed by atoms with Crippen LogP contribution in [0.4, 0.5) is 11.4 Å². The molecule has 0 fully saturated rings. The Bertz CT molecular complexity index is 507. The Hall–Kier alpha value is -2.06. The van der Waals surface area contributed by atoms with E-state index in [0.29, 0.717) is 18.5 Å². The van der Waals surface area contributed by atoms with Gasteiger partial charge in [0.25, 0.3) is 0 Å². The Balaban J connectivity index is 2.37. The number of carbonyl (C=O) groups is 1. The molecule has 0 bridgehead atoms. The number of nitrogen functional groups attached to an aromatic ring is 1. The number of carbonyl (C=O) groups excluding carboxylic acids is 1. The monoisotopic (exact) mass is 288 g/mol. The molecular weight excluding hydrogens is 264 g/mol. The number of nitriles is 1. The third-order valence-corrected chi connectivity index (χ3v) is 3.40. The molecule has 0 saturated carbocycles. The van der Waals surface area contributed by atoms with Crippen LogP contribution in [-0.2, 0) is 4.79 Å². The molecule has 1 aromatic carbocycles. The predicted molar refractivity (Wildman–Crippen MR) is 85.8 cm³/mol. The zero-order chi connectivity index (χ0) is 15.7. The highest BCUT2D eigenvalue weighted by atomic mass is 16.1. The van der Waals surface area contributed by atoms with Crippen molar-refractivity contribution in [1.82, 2.24) is 4.90 Å². The first kappa shape index (κ1) is 17.0. The minimum atomic E-state index is 0.0000336. The van der Waals surface area contributed by atoms with Crippen LogP contribution in [0.15, 0.2) is 18.2 Å². The van der Waals surface area contributed by atoms with Crippen molar-refractivity contribution >= 4 is 17.3 Å². The van der Waals surface area contributed by atoms with Crippen molar-refractivity contribution in [2.24, 2.45) is 0 Å². The maximum atomic E-state index is 11.9. The summed E-state index contributed by atoms with van der Waals surface area (Å²) in [4.78, 5) is 14.1. The first-order valence-corrected chi connectivity index (χ1v) is 7.32. The summed E-state index contributed by atoms with van der Waals surface area (Å²) in [6.07, 6.45) is 1.78. The second-order valence-corrected chi connectivity index (χ2v) is 5.07. The normalized spacial score (nSPS) is 10.4. The van der Waals surface area contributed by atoms with Crippen LogP contribution in [0.1, 0.15) is 31.7 Å². The van der Waals surface area contributed by atoms with Gasteiger partial charge in [0.15, 0.2) is 0 Å². The fourth-order valence-corrected chi connectivity index (χ4v) is 2.09. The molecule has 1 rings (SSSR count). The van der Waals surface area contributed by atoms with E-state index < -0.39 is 0 Å². The molecule has 0 unspecified atom stereocenters. The molecule has 0 atom stereocenters. The summed E-state index contributed by atoms with van der Waals surface area (Å²) in [5, 5.41) is 11.5. The Kier molecular flexibility index (Phi) is 7.27. The Morgan fingerprint density at radius 2 is 2.19 bits per heavy atom. The fourth-order valence-electron chi connectivity index (χ4n) is 2.09. The van der Waals surface area contributed by atoms with Crippen LogP contribution in [0.3, 0.4) is 0 Å². The summed E-state index contributed by atoms with van der Waals surface area (Å²) in [5.41, 5.74) is 8.14. The number of aryl methyl sites for hydroxylation is 1. The molecule has 0 aromatic heterocycles. The van der Waals surface area contributed by atoms with E-state index in [-0.39, 0.29) is 5.91 Å². The molecular formula is C16H24N4O. The van der Waals surface area contributed by atoms with Crippen LogP contribution in [0.25, 0.3) is 0 Å². The number of benzene rings is 1. The average molecular weight is 288 g/mol.